The zero-order valence-electron chi connectivity index (χ0n) is 25.2. The first kappa shape index (κ1) is 28.1. The van der Waals surface area contributed by atoms with E-state index >= 15 is 0 Å². The third kappa shape index (κ3) is 3.63. The Morgan fingerprint density at radius 2 is 1.27 bits per heavy atom. The predicted octanol–water partition coefficient (Wildman–Crippen LogP) is 10.8. The lowest BCUT2D eigenvalue weighted by atomic mass is 9.58. The van der Waals surface area contributed by atoms with E-state index in [0.29, 0.717) is 6.42 Å². The first-order valence-electron chi connectivity index (χ1n) is 16.6. The number of hydrogen-bond donors (Lipinski definition) is 0. The molecular formula is C38H36N4S2. The summed E-state index contributed by atoms with van der Waals surface area (Å²) in [7, 11) is 0. The molecule has 3 saturated carbocycles. The maximum atomic E-state index is 9.77. The van der Waals surface area contributed by atoms with Crippen molar-refractivity contribution in [3.05, 3.63) is 77.8 Å². The van der Waals surface area contributed by atoms with Crippen molar-refractivity contribution in [3.63, 3.8) is 0 Å². The van der Waals surface area contributed by atoms with Gasteiger partial charge >= 0.3 is 6.04 Å². The molecule has 0 bridgehead atoms. The Morgan fingerprint density at radius 1 is 0.750 bits per heavy atom. The van der Waals surface area contributed by atoms with Gasteiger partial charge in [-0.1, -0.05) is 57.8 Å². The molecule has 0 saturated heterocycles. The largest absolute Gasteiger partial charge is 0.310 e. The maximum absolute atomic E-state index is 9.77. The highest BCUT2D eigenvalue weighted by Crippen LogP contribution is 2.71. The SMILES string of the molecule is [C-]#[N+]/C(C#N)=C/C1=Cc2sc3c(c2C12CCCCC2)C1(CCCCC1)c1c-3sc2c1C1(CCCCC1)C(CC(C#N)[N+]#[C-])=C2. The van der Waals surface area contributed by atoms with Crippen molar-refractivity contribution >= 4 is 34.8 Å². The van der Waals surface area contributed by atoms with Gasteiger partial charge in [0.1, 0.15) is 0 Å². The van der Waals surface area contributed by atoms with Gasteiger partial charge in [-0.25, -0.2) is 16.7 Å². The second-order valence-electron chi connectivity index (χ2n) is 14.0. The summed E-state index contributed by atoms with van der Waals surface area (Å²) < 4.78 is 0. The van der Waals surface area contributed by atoms with Crippen LogP contribution < -0.4 is 0 Å². The van der Waals surface area contributed by atoms with Crippen molar-refractivity contribution in [3.8, 4) is 21.9 Å². The van der Waals surface area contributed by atoms with E-state index in [0.717, 1.165) is 25.7 Å². The van der Waals surface area contributed by atoms with E-state index in [9.17, 15) is 10.5 Å². The van der Waals surface area contributed by atoms with Gasteiger partial charge in [0.25, 0.3) is 5.70 Å². The summed E-state index contributed by atoms with van der Waals surface area (Å²) in [6.45, 7) is 15.3. The van der Waals surface area contributed by atoms with E-state index in [1.165, 1.54) is 101 Å². The number of nitriles is 2. The summed E-state index contributed by atoms with van der Waals surface area (Å²) in [5, 5.41) is 19.5. The molecule has 2 aromatic heterocycles. The van der Waals surface area contributed by atoms with E-state index in [-0.39, 0.29) is 21.9 Å². The van der Waals surface area contributed by atoms with E-state index < -0.39 is 6.04 Å². The minimum absolute atomic E-state index is 0.0224. The van der Waals surface area contributed by atoms with Crippen LogP contribution in [0.2, 0.25) is 0 Å². The first-order chi connectivity index (χ1) is 21.5. The van der Waals surface area contributed by atoms with Crippen molar-refractivity contribution in [1.82, 2.24) is 0 Å². The molecule has 2 aromatic rings. The molecule has 6 heteroatoms. The van der Waals surface area contributed by atoms with Gasteiger partial charge in [0.05, 0.1) is 19.1 Å². The van der Waals surface area contributed by atoms with Gasteiger partial charge in [-0.2, -0.15) is 5.26 Å². The van der Waals surface area contributed by atoms with Gasteiger partial charge in [0.2, 0.25) is 0 Å². The lowest BCUT2D eigenvalue weighted by Crippen LogP contribution is -2.38. The number of hydrogen-bond acceptors (Lipinski definition) is 4. The quantitative estimate of drug-likeness (QED) is 0.256. The zero-order chi connectivity index (χ0) is 30.1. The fourth-order valence-electron chi connectivity index (χ4n) is 10.4. The van der Waals surface area contributed by atoms with Crippen molar-refractivity contribution in [2.45, 2.75) is 125 Å². The Bertz CT molecular complexity index is 1800. The lowest BCUT2D eigenvalue weighted by molar-refractivity contribution is 0.309. The Labute approximate surface area is 269 Å². The maximum Gasteiger partial charge on any atom is 0.310 e. The van der Waals surface area contributed by atoms with Gasteiger partial charge in [-0.15, -0.1) is 22.7 Å². The molecule has 0 amide bonds. The average Bonchev–Trinajstić information content (AvgIpc) is 3.82. The zero-order valence-corrected chi connectivity index (χ0v) is 26.9. The molecule has 6 aliphatic carbocycles. The smallest absolute Gasteiger partial charge is 0.297 e. The Balaban J connectivity index is 1.35. The van der Waals surface area contributed by atoms with Crippen LogP contribution in [0.15, 0.2) is 22.9 Å². The van der Waals surface area contributed by atoms with Crippen LogP contribution in [0.1, 0.15) is 135 Å². The fourth-order valence-corrected chi connectivity index (χ4v) is 13.4. The Hall–Kier alpha value is -3.42. The highest BCUT2D eigenvalue weighted by molar-refractivity contribution is 7.23. The van der Waals surface area contributed by atoms with Crippen molar-refractivity contribution < 1.29 is 0 Å². The fraction of sp³-hybridized carbons (Fsp3) is 0.526. The standard InChI is InChI=1S/C38H36N4S2/c1-41-26(22-39)18-24-20-28-30(36(24)12-6-3-7-13-36)32-34(43-28)35-33(38(32)16-10-5-11-17-38)31-29(44-35)21-25(19-27(23-40)42-2)37(31)14-8-4-9-15-37/h18,20-21,27H,3-17,19H2/b26-18+. The molecular weight excluding hydrogens is 577 g/mol. The number of rotatable bonds is 3. The van der Waals surface area contributed by atoms with E-state index in [2.05, 4.69) is 34.0 Å². The lowest BCUT2D eigenvalue weighted by Gasteiger charge is -2.44. The second kappa shape index (κ2) is 10.3. The summed E-state index contributed by atoms with van der Waals surface area (Å²) in [5.41, 5.74) is 9.09. The number of fused-ring (bicyclic) bond motifs is 11. The molecule has 4 nitrogen and oxygen atoms in total. The highest BCUT2D eigenvalue weighted by Gasteiger charge is 2.58. The molecule has 1 unspecified atom stereocenters. The normalized spacial score (nSPS) is 23.9. The molecule has 0 N–H and O–H groups in total. The number of nitrogens with zero attached hydrogens (tertiary/aromatic N) is 4. The van der Waals surface area contributed by atoms with Gasteiger partial charge in [0.15, 0.2) is 6.07 Å². The van der Waals surface area contributed by atoms with Crippen LogP contribution in [0.25, 0.3) is 31.6 Å². The second-order valence-corrected chi connectivity index (χ2v) is 16.1. The Morgan fingerprint density at radius 3 is 1.80 bits per heavy atom. The molecule has 2 heterocycles. The topological polar surface area (TPSA) is 56.3 Å². The molecule has 6 aliphatic rings. The molecule has 0 aliphatic heterocycles. The van der Waals surface area contributed by atoms with E-state index in [1.807, 2.05) is 28.7 Å². The van der Waals surface area contributed by atoms with Crippen molar-refractivity contribution in [1.29, 1.82) is 10.5 Å². The summed E-state index contributed by atoms with van der Waals surface area (Å²) in [6.07, 6.45) is 25.3. The monoisotopic (exact) mass is 612 g/mol. The van der Waals surface area contributed by atoms with Gasteiger partial charge < -0.3 is 0 Å². The molecule has 8 rings (SSSR count). The minimum Gasteiger partial charge on any atom is -0.297 e. The third-order valence-corrected chi connectivity index (χ3v) is 14.6. The summed E-state index contributed by atoms with van der Waals surface area (Å²) >= 11 is 3.99. The molecule has 3 spiro atoms. The summed E-state index contributed by atoms with van der Waals surface area (Å²) in [5.74, 6) is 0. The van der Waals surface area contributed by atoms with Crippen LogP contribution >= 0.6 is 22.7 Å². The van der Waals surface area contributed by atoms with E-state index in [1.54, 1.807) is 22.3 Å². The summed E-state index contributed by atoms with van der Waals surface area (Å²) in [6, 6.07) is 3.84. The van der Waals surface area contributed by atoms with Crippen LogP contribution in [-0.4, -0.2) is 6.04 Å². The molecule has 1 atom stereocenters. The first-order valence-corrected chi connectivity index (χ1v) is 18.2. The molecule has 0 radical (unpaired) electrons. The van der Waals surface area contributed by atoms with Crippen molar-refractivity contribution in [2.75, 3.05) is 0 Å². The molecule has 3 fully saturated rings. The highest BCUT2D eigenvalue weighted by atomic mass is 32.1. The molecule has 220 valence electrons. The van der Waals surface area contributed by atoms with Gasteiger partial charge in [-0.05, 0) is 90.2 Å². The van der Waals surface area contributed by atoms with E-state index in [4.69, 9.17) is 13.1 Å². The van der Waals surface area contributed by atoms with Gasteiger partial charge in [0, 0.05) is 35.8 Å². The summed E-state index contributed by atoms with van der Waals surface area (Å²) in [4.78, 5) is 13.1. The van der Waals surface area contributed by atoms with Crippen LogP contribution in [0.4, 0.5) is 0 Å². The predicted molar refractivity (Wildman–Crippen MR) is 178 cm³/mol. The van der Waals surface area contributed by atoms with Gasteiger partial charge in [-0.3, -0.25) is 4.85 Å². The minimum atomic E-state index is -0.604. The Kier molecular flexibility index (Phi) is 6.58. The molecule has 44 heavy (non-hydrogen) atoms. The third-order valence-electron chi connectivity index (χ3n) is 12.1. The number of allylic oxidation sites excluding steroid dienone is 3. The van der Waals surface area contributed by atoms with Crippen LogP contribution in [0, 0.1) is 35.8 Å². The average molecular weight is 613 g/mol. The van der Waals surface area contributed by atoms with Crippen LogP contribution in [0.5, 0.6) is 0 Å². The van der Waals surface area contributed by atoms with Crippen LogP contribution in [0.3, 0.4) is 0 Å². The molecule has 0 aromatic carbocycles. The van der Waals surface area contributed by atoms with Crippen LogP contribution in [-0.2, 0) is 16.2 Å². The number of thiophene rings is 2. The van der Waals surface area contributed by atoms with Crippen molar-refractivity contribution in [2.24, 2.45) is 0 Å².